The Morgan fingerprint density at radius 1 is 1.35 bits per heavy atom. The average Bonchev–Trinajstić information content (AvgIpc) is 2.75. The second-order valence-electron chi connectivity index (χ2n) is 6.96. The molecule has 3 N–H and O–H groups in total. The summed E-state index contributed by atoms with van der Waals surface area (Å²) >= 11 is 0. The van der Waals surface area contributed by atoms with Crippen LogP contribution in [-0.2, 0) is 21.1 Å². The number of fused-ring (bicyclic) bond motifs is 1. The van der Waals surface area contributed by atoms with Gasteiger partial charge in [-0.2, -0.15) is 0 Å². The molecule has 0 saturated carbocycles. The SMILES string of the molecule is Cc1c(CC(=O)NC2(C)CCS(=O)(=O)C2)c(=O)oc2cc(O)cc(O)c12. The number of rotatable bonds is 3. The lowest BCUT2D eigenvalue weighted by atomic mass is 9.99. The number of aryl methyl sites for hydroxylation is 1. The Morgan fingerprint density at radius 2 is 2.04 bits per heavy atom. The van der Waals surface area contributed by atoms with Gasteiger partial charge in [0.1, 0.15) is 17.1 Å². The van der Waals surface area contributed by atoms with Crippen LogP contribution in [0.3, 0.4) is 0 Å². The van der Waals surface area contributed by atoms with Crippen molar-refractivity contribution in [2.24, 2.45) is 0 Å². The van der Waals surface area contributed by atoms with Crippen molar-refractivity contribution in [1.82, 2.24) is 5.32 Å². The molecule has 0 aliphatic carbocycles. The van der Waals surface area contributed by atoms with Gasteiger partial charge in [-0.1, -0.05) is 0 Å². The van der Waals surface area contributed by atoms with Crippen LogP contribution in [0.15, 0.2) is 21.3 Å². The molecule has 2 heterocycles. The number of amides is 1. The van der Waals surface area contributed by atoms with Crippen LogP contribution < -0.4 is 10.9 Å². The van der Waals surface area contributed by atoms with Crippen LogP contribution in [0, 0.1) is 6.92 Å². The highest BCUT2D eigenvalue weighted by atomic mass is 32.2. The second-order valence-corrected chi connectivity index (χ2v) is 9.14. The Kier molecular flexibility index (Phi) is 4.22. The van der Waals surface area contributed by atoms with E-state index in [1.54, 1.807) is 13.8 Å². The number of carbonyl (C=O) groups excluding carboxylic acids is 1. The Morgan fingerprint density at radius 3 is 2.65 bits per heavy atom. The summed E-state index contributed by atoms with van der Waals surface area (Å²) in [7, 11) is -3.18. The number of sulfone groups is 1. The molecule has 1 saturated heterocycles. The van der Waals surface area contributed by atoms with Crippen molar-refractivity contribution in [2.45, 2.75) is 32.2 Å². The van der Waals surface area contributed by atoms with E-state index < -0.39 is 26.9 Å². The van der Waals surface area contributed by atoms with Crippen molar-refractivity contribution in [2.75, 3.05) is 11.5 Å². The van der Waals surface area contributed by atoms with E-state index in [9.17, 15) is 28.2 Å². The third-order valence-corrected chi connectivity index (χ3v) is 6.53. The van der Waals surface area contributed by atoms with Gasteiger partial charge in [0.15, 0.2) is 9.84 Å². The minimum absolute atomic E-state index is 0.0122. The number of phenolic OH excluding ortho intramolecular Hbond substituents is 2. The van der Waals surface area contributed by atoms with Crippen LogP contribution in [0.2, 0.25) is 0 Å². The van der Waals surface area contributed by atoms with Crippen molar-refractivity contribution in [1.29, 1.82) is 0 Å². The molecule has 3 rings (SSSR count). The number of nitrogens with one attached hydrogen (secondary N) is 1. The maximum Gasteiger partial charge on any atom is 0.340 e. The molecule has 1 aromatic heterocycles. The molecule has 2 aromatic rings. The van der Waals surface area contributed by atoms with Crippen molar-refractivity contribution >= 4 is 26.7 Å². The zero-order valence-corrected chi connectivity index (χ0v) is 15.1. The molecule has 8 nitrogen and oxygen atoms in total. The van der Waals surface area contributed by atoms with Crippen molar-refractivity contribution in [3.63, 3.8) is 0 Å². The van der Waals surface area contributed by atoms with E-state index in [0.29, 0.717) is 12.0 Å². The number of aromatic hydroxyl groups is 2. The van der Waals surface area contributed by atoms with Gasteiger partial charge in [0.05, 0.1) is 34.4 Å². The van der Waals surface area contributed by atoms with Crippen LogP contribution in [0.4, 0.5) is 0 Å². The maximum atomic E-state index is 12.4. The Bertz CT molecular complexity index is 1070. The lowest BCUT2D eigenvalue weighted by Gasteiger charge is -2.24. The lowest BCUT2D eigenvalue weighted by Crippen LogP contribution is -2.47. The van der Waals surface area contributed by atoms with Gasteiger partial charge in [-0.3, -0.25) is 4.79 Å². The number of benzene rings is 1. The quantitative estimate of drug-likeness (QED) is 0.668. The summed E-state index contributed by atoms with van der Waals surface area (Å²) in [6, 6.07) is 2.32. The zero-order valence-electron chi connectivity index (χ0n) is 14.3. The molecule has 140 valence electrons. The first-order valence-corrected chi connectivity index (χ1v) is 9.81. The molecule has 1 atom stereocenters. The topological polar surface area (TPSA) is 134 Å². The minimum Gasteiger partial charge on any atom is -0.508 e. The predicted octanol–water partition coefficient (Wildman–Crippen LogP) is 0.749. The maximum absolute atomic E-state index is 12.4. The van der Waals surface area contributed by atoms with Crippen LogP contribution in [0.25, 0.3) is 11.0 Å². The first-order chi connectivity index (χ1) is 12.0. The van der Waals surface area contributed by atoms with Gasteiger partial charge in [0.2, 0.25) is 5.91 Å². The summed E-state index contributed by atoms with van der Waals surface area (Å²) in [5.41, 5.74) is -1.16. The molecule has 0 radical (unpaired) electrons. The van der Waals surface area contributed by atoms with Crippen molar-refractivity contribution in [3.8, 4) is 11.5 Å². The van der Waals surface area contributed by atoms with Gasteiger partial charge in [-0.25, -0.2) is 13.2 Å². The summed E-state index contributed by atoms with van der Waals surface area (Å²) in [6.07, 6.45) is 0.00646. The first-order valence-electron chi connectivity index (χ1n) is 7.99. The fourth-order valence-electron chi connectivity index (χ4n) is 3.36. The molecule has 1 amide bonds. The number of phenols is 2. The Hall–Kier alpha value is -2.55. The summed E-state index contributed by atoms with van der Waals surface area (Å²) in [5, 5.41) is 22.4. The standard InChI is InChI=1S/C17H19NO7S/c1-9-11(7-14(21)18-17(2)3-4-26(23,24)8-17)16(22)25-13-6-10(19)5-12(20)15(9)13/h5-6,19-20H,3-4,7-8H2,1-2H3,(H,18,21). The highest BCUT2D eigenvalue weighted by Crippen LogP contribution is 2.32. The lowest BCUT2D eigenvalue weighted by molar-refractivity contribution is -0.122. The van der Waals surface area contributed by atoms with Gasteiger partial charge in [0.25, 0.3) is 0 Å². The van der Waals surface area contributed by atoms with E-state index in [-0.39, 0.29) is 46.0 Å². The molecular formula is C17H19NO7S. The molecule has 1 unspecified atom stereocenters. The molecule has 26 heavy (non-hydrogen) atoms. The normalized spacial score (nSPS) is 21.8. The highest BCUT2D eigenvalue weighted by molar-refractivity contribution is 7.91. The van der Waals surface area contributed by atoms with Gasteiger partial charge >= 0.3 is 5.63 Å². The number of hydrogen-bond donors (Lipinski definition) is 3. The molecule has 0 spiro atoms. The fourth-order valence-corrected chi connectivity index (χ4v) is 5.46. The van der Waals surface area contributed by atoms with E-state index in [1.807, 2.05) is 0 Å². The van der Waals surface area contributed by atoms with E-state index in [0.717, 1.165) is 6.07 Å². The van der Waals surface area contributed by atoms with Gasteiger partial charge in [-0.15, -0.1) is 0 Å². The van der Waals surface area contributed by atoms with Gasteiger partial charge < -0.3 is 19.9 Å². The van der Waals surface area contributed by atoms with Crippen LogP contribution in [-0.4, -0.2) is 41.6 Å². The monoisotopic (exact) mass is 381 g/mol. The second kappa shape index (κ2) is 6.01. The molecule has 9 heteroatoms. The van der Waals surface area contributed by atoms with Crippen molar-refractivity contribution < 1.29 is 27.8 Å². The Balaban J connectivity index is 1.92. The summed E-state index contributed by atoms with van der Waals surface area (Å²) < 4.78 is 28.4. The summed E-state index contributed by atoms with van der Waals surface area (Å²) in [4.78, 5) is 24.6. The number of hydrogen-bond acceptors (Lipinski definition) is 7. The Labute approximate surface area is 149 Å². The third-order valence-electron chi connectivity index (χ3n) is 4.62. The van der Waals surface area contributed by atoms with E-state index in [2.05, 4.69) is 5.32 Å². The molecule has 1 aliphatic rings. The zero-order chi connectivity index (χ0) is 19.3. The fraction of sp³-hybridized carbons (Fsp3) is 0.412. The summed E-state index contributed by atoms with van der Waals surface area (Å²) in [6.45, 7) is 3.22. The van der Waals surface area contributed by atoms with Crippen molar-refractivity contribution in [3.05, 3.63) is 33.7 Å². The average molecular weight is 381 g/mol. The molecule has 0 bridgehead atoms. The smallest absolute Gasteiger partial charge is 0.340 e. The van der Waals surface area contributed by atoms with Crippen LogP contribution in [0.5, 0.6) is 11.5 Å². The molecule has 1 fully saturated rings. The summed E-state index contributed by atoms with van der Waals surface area (Å²) in [5.74, 6) is -1.15. The van der Waals surface area contributed by atoms with E-state index >= 15 is 0 Å². The largest absolute Gasteiger partial charge is 0.508 e. The minimum atomic E-state index is -3.18. The van der Waals surface area contributed by atoms with Gasteiger partial charge in [0, 0.05) is 12.1 Å². The van der Waals surface area contributed by atoms with E-state index in [4.69, 9.17) is 4.42 Å². The van der Waals surface area contributed by atoms with Crippen LogP contribution >= 0.6 is 0 Å². The third kappa shape index (κ3) is 3.39. The first kappa shape index (κ1) is 18.2. The molecule has 1 aromatic carbocycles. The van der Waals surface area contributed by atoms with Crippen LogP contribution in [0.1, 0.15) is 24.5 Å². The predicted molar refractivity (Wildman–Crippen MR) is 94.1 cm³/mol. The molecular weight excluding hydrogens is 362 g/mol. The van der Waals surface area contributed by atoms with E-state index in [1.165, 1.54) is 6.07 Å². The molecule has 1 aliphatic heterocycles. The van der Waals surface area contributed by atoms with Gasteiger partial charge in [-0.05, 0) is 25.8 Å². The highest BCUT2D eigenvalue weighted by Gasteiger charge is 2.39. The number of carbonyl (C=O) groups is 1.